The van der Waals surface area contributed by atoms with E-state index in [1.165, 1.54) is 6.20 Å². The van der Waals surface area contributed by atoms with Crippen molar-refractivity contribution in [3.05, 3.63) is 27.1 Å². The maximum absolute atomic E-state index is 12.2. The third-order valence-electron chi connectivity index (χ3n) is 1.36. The summed E-state index contributed by atoms with van der Waals surface area (Å²) in [5.74, 6) is 0. The van der Waals surface area contributed by atoms with Gasteiger partial charge in [0.1, 0.15) is 0 Å². The Bertz CT molecular complexity index is 295. The van der Waals surface area contributed by atoms with Gasteiger partial charge in [-0.1, -0.05) is 0 Å². The van der Waals surface area contributed by atoms with E-state index in [9.17, 15) is 13.2 Å². The molecule has 66 valence electrons. The molecule has 1 heterocycles. The third-order valence-corrected chi connectivity index (χ3v) is 2.79. The normalized spacial score (nSPS) is 11.8. The van der Waals surface area contributed by atoms with Crippen molar-refractivity contribution in [1.82, 2.24) is 4.98 Å². The smallest absolute Gasteiger partial charge is 0.264 e. The monoisotopic (exact) mass is 287 g/mol. The van der Waals surface area contributed by atoms with Crippen molar-refractivity contribution in [3.8, 4) is 0 Å². The van der Waals surface area contributed by atoms with Crippen molar-refractivity contribution in [3.63, 3.8) is 0 Å². The van der Waals surface area contributed by atoms with E-state index in [2.05, 4.69) is 4.98 Å². The molecule has 0 aliphatic rings. The molecule has 0 atom stereocenters. The first-order chi connectivity index (χ1) is 5.43. The highest BCUT2D eigenvalue weighted by atomic mass is 127. The van der Waals surface area contributed by atoms with Crippen LogP contribution in [0, 0.1) is 10.5 Å². The van der Waals surface area contributed by atoms with Gasteiger partial charge in [-0.05, 0) is 35.1 Å². The van der Waals surface area contributed by atoms with Gasteiger partial charge in [-0.15, -0.1) is 0 Å². The summed E-state index contributed by atoms with van der Waals surface area (Å²) < 4.78 is 36.8. The standard InChI is InChI=1S/C7H5F3IN/c1-4-2-12-3-5(6(4)11)7(8,9)10/h2-3H,1H3. The van der Waals surface area contributed by atoms with Gasteiger partial charge in [-0.2, -0.15) is 13.2 Å². The highest BCUT2D eigenvalue weighted by Gasteiger charge is 2.33. The number of hydrogen-bond acceptors (Lipinski definition) is 1. The Balaban J connectivity index is 3.26. The summed E-state index contributed by atoms with van der Waals surface area (Å²) >= 11 is 1.67. The highest BCUT2D eigenvalue weighted by molar-refractivity contribution is 14.1. The van der Waals surface area contributed by atoms with E-state index < -0.39 is 11.7 Å². The van der Waals surface area contributed by atoms with Crippen LogP contribution >= 0.6 is 22.6 Å². The van der Waals surface area contributed by atoms with Gasteiger partial charge in [0.15, 0.2) is 0 Å². The van der Waals surface area contributed by atoms with E-state index in [-0.39, 0.29) is 3.57 Å². The molecule has 12 heavy (non-hydrogen) atoms. The van der Waals surface area contributed by atoms with E-state index in [0.29, 0.717) is 5.56 Å². The molecule has 0 unspecified atom stereocenters. The zero-order valence-electron chi connectivity index (χ0n) is 6.11. The maximum Gasteiger partial charge on any atom is 0.418 e. The Labute approximate surface area is 81.1 Å². The minimum absolute atomic E-state index is 0.218. The summed E-state index contributed by atoms with van der Waals surface area (Å²) in [6, 6.07) is 0. The summed E-state index contributed by atoms with van der Waals surface area (Å²) in [6.07, 6.45) is -2.04. The first-order valence-electron chi connectivity index (χ1n) is 3.10. The van der Waals surface area contributed by atoms with Gasteiger partial charge in [-0.3, -0.25) is 4.98 Å². The van der Waals surface area contributed by atoms with Crippen molar-refractivity contribution in [2.24, 2.45) is 0 Å². The maximum atomic E-state index is 12.2. The molecule has 0 fully saturated rings. The van der Waals surface area contributed by atoms with E-state index in [1.54, 1.807) is 29.5 Å². The molecule has 0 aromatic carbocycles. The third kappa shape index (κ3) is 1.88. The van der Waals surface area contributed by atoms with Crippen molar-refractivity contribution < 1.29 is 13.2 Å². The number of hydrogen-bond donors (Lipinski definition) is 0. The second-order valence-corrected chi connectivity index (χ2v) is 3.39. The molecule has 1 aromatic heterocycles. The second-order valence-electron chi connectivity index (χ2n) is 2.32. The van der Waals surface area contributed by atoms with Gasteiger partial charge >= 0.3 is 6.18 Å². The number of rotatable bonds is 0. The summed E-state index contributed by atoms with van der Waals surface area (Å²) in [5.41, 5.74) is -0.117. The topological polar surface area (TPSA) is 12.9 Å². The molecule has 0 aliphatic heterocycles. The number of aromatic nitrogens is 1. The molecule has 0 bridgehead atoms. The lowest BCUT2D eigenvalue weighted by Gasteiger charge is -2.09. The zero-order chi connectivity index (χ0) is 9.35. The molecule has 0 spiro atoms. The lowest BCUT2D eigenvalue weighted by Crippen LogP contribution is -2.08. The fourth-order valence-corrected chi connectivity index (χ4v) is 1.33. The Hall–Kier alpha value is -0.330. The minimum atomic E-state index is -4.30. The van der Waals surface area contributed by atoms with E-state index >= 15 is 0 Å². The van der Waals surface area contributed by atoms with Gasteiger partial charge in [0.2, 0.25) is 0 Å². The molecule has 1 rings (SSSR count). The Kier molecular flexibility index (Phi) is 2.60. The van der Waals surface area contributed by atoms with E-state index in [1.807, 2.05) is 0 Å². The Morgan fingerprint density at radius 1 is 1.33 bits per heavy atom. The fourth-order valence-electron chi connectivity index (χ4n) is 0.747. The van der Waals surface area contributed by atoms with Crippen LogP contribution in [0.25, 0.3) is 0 Å². The van der Waals surface area contributed by atoms with E-state index in [4.69, 9.17) is 0 Å². The van der Waals surface area contributed by atoms with Crippen LogP contribution in [-0.2, 0) is 6.18 Å². The zero-order valence-corrected chi connectivity index (χ0v) is 8.27. The molecular weight excluding hydrogens is 282 g/mol. The molecule has 0 N–H and O–H groups in total. The number of pyridine rings is 1. The molecular formula is C7H5F3IN. The predicted molar refractivity (Wildman–Crippen MR) is 46.7 cm³/mol. The Morgan fingerprint density at radius 3 is 2.33 bits per heavy atom. The van der Waals surface area contributed by atoms with Crippen LogP contribution in [0.2, 0.25) is 0 Å². The van der Waals surface area contributed by atoms with Gasteiger partial charge in [0.25, 0.3) is 0 Å². The molecule has 0 saturated carbocycles. The predicted octanol–water partition coefficient (Wildman–Crippen LogP) is 3.01. The van der Waals surface area contributed by atoms with E-state index in [0.717, 1.165) is 6.20 Å². The average molecular weight is 287 g/mol. The first-order valence-corrected chi connectivity index (χ1v) is 4.18. The van der Waals surface area contributed by atoms with Crippen LogP contribution in [0.3, 0.4) is 0 Å². The van der Waals surface area contributed by atoms with Crippen LogP contribution in [0.1, 0.15) is 11.1 Å². The van der Waals surface area contributed by atoms with Crippen LogP contribution in [0.5, 0.6) is 0 Å². The molecule has 0 saturated heterocycles. The van der Waals surface area contributed by atoms with Crippen molar-refractivity contribution in [1.29, 1.82) is 0 Å². The summed E-state index contributed by atoms with van der Waals surface area (Å²) in [5, 5.41) is 0. The Morgan fingerprint density at radius 2 is 1.92 bits per heavy atom. The summed E-state index contributed by atoms with van der Waals surface area (Å²) in [6.45, 7) is 1.60. The lowest BCUT2D eigenvalue weighted by molar-refractivity contribution is -0.138. The molecule has 0 aliphatic carbocycles. The van der Waals surface area contributed by atoms with Gasteiger partial charge in [0.05, 0.1) is 5.56 Å². The minimum Gasteiger partial charge on any atom is -0.264 e. The molecule has 1 nitrogen and oxygen atoms in total. The van der Waals surface area contributed by atoms with Crippen LogP contribution < -0.4 is 0 Å². The molecule has 5 heteroatoms. The summed E-state index contributed by atoms with van der Waals surface area (Å²) in [4.78, 5) is 3.49. The lowest BCUT2D eigenvalue weighted by atomic mass is 10.2. The van der Waals surface area contributed by atoms with Gasteiger partial charge in [-0.25, -0.2) is 0 Å². The number of alkyl halides is 3. The SMILES string of the molecule is Cc1cncc(C(F)(F)F)c1I. The quantitative estimate of drug-likeness (QED) is 0.668. The van der Waals surface area contributed by atoms with Crippen molar-refractivity contribution >= 4 is 22.6 Å². The van der Waals surface area contributed by atoms with Gasteiger partial charge in [0, 0.05) is 16.0 Å². The molecule has 1 aromatic rings. The average Bonchev–Trinajstić information content (AvgIpc) is 1.92. The summed E-state index contributed by atoms with van der Waals surface area (Å²) in [7, 11) is 0. The number of halogens is 4. The second kappa shape index (κ2) is 3.20. The van der Waals surface area contributed by atoms with Gasteiger partial charge < -0.3 is 0 Å². The van der Waals surface area contributed by atoms with Crippen LogP contribution in [0.15, 0.2) is 12.4 Å². The van der Waals surface area contributed by atoms with Crippen molar-refractivity contribution in [2.75, 3.05) is 0 Å². The van der Waals surface area contributed by atoms with Crippen molar-refractivity contribution in [2.45, 2.75) is 13.1 Å². The van der Waals surface area contributed by atoms with Crippen LogP contribution in [0.4, 0.5) is 13.2 Å². The largest absolute Gasteiger partial charge is 0.418 e. The first kappa shape index (κ1) is 9.76. The van der Waals surface area contributed by atoms with Crippen LogP contribution in [-0.4, -0.2) is 4.98 Å². The highest BCUT2D eigenvalue weighted by Crippen LogP contribution is 2.32. The number of aryl methyl sites for hydroxylation is 1. The molecule has 0 amide bonds. The molecule has 0 radical (unpaired) electrons. The number of nitrogens with zero attached hydrogens (tertiary/aromatic N) is 1. The fraction of sp³-hybridized carbons (Fsp3) is 0.286.